The highest BCUT2D eigenvalue weighted by Crippen LogP contribution is 2.37. The Kier molecular flexibility index (Phi) is 4.58. The fraction of sp³-hybridized carbons (Fsp3) is 0.450. The topological polar surface area (TPSA) is 106 Å². The lowest BCUT2D eigenvalue weighted by molar-refractivity contribution is -0.130. The van der Waals surface area contributed by atoms with Gasteiger partial charge in [0.2, 0.25) is 5.91 Å². The Morgan fingerprint density at radius 1 is 1.36 bits per heavy atom. The number of benzene rings is 1. The van der Waals surface area contributed by atoms with E-state index in [1.54, 1.807) is 11.8 Å². The van der Waals surface area contributed by atoms with Crippen LogP contribution in [0.1, 0.15) is 21.5 Å². The highest BCUT2D eigenvalue weighted by molar-refractivity contribution is 6.00. The summed E-state index contributed by atoms with van der Waals surface area (Å²) in [6.45, 7) is 4.31. The van der Waals surface area contributed by atoms with Gasteiger partial charge in [0, 0.05) is 30.3 Å². The van der Waals surface area contributed by atoms with Gasteiger partial charge in [-0.15, -0.1) is 0 Å². The second kappa shape index (κ2) is 6.94. The van der Waals surface area contributed by atoms with Crippen LogP contribution in [0.15, 0.2) is 15.3 Å². The zero-order chi connectivity index (χ0) is 20.0. The highest BCUT2D eigenvalue weighted by Gasteiger charge is 2.39. The van der Waals surface area contributed by atoms with Crippen LogP contribution in [0.2, 0.25) is 0 Å². The molecule has 2 saturated heterocycles. The third-order valence-electron chi connectivity index (χ3n) is 5.81. The van der Waals surface area contributed by atoms with E-state index >= 15 is 0 Å². The Morgan fingerprint density at radius 2 is 2.04 bits per heavy atom. The Hall–Kier alpha value is -2.87. The molecule has 2 aliphatic rings. The van der Waals surface area contributed by atoms with Crippen LogP contribution in [0.4, 0.5) is 0 Å². The Balaban J connectivity index is 1.71. The molecule has 0 unspecified atom stereocenters. The first-order valence-electron chi connectivity index (χ1n) is 9.11. The van der Waals surface area contributed by atoms with E-state index in [1.807, 2.05) is 0 Å². The monoisotopic (exact) mass is 387 g/mol. The number of amides is 1. The minimum absolute atomic E-state index is 0.0140. The predicted molar refractivity (Wildman–Crippen MR) is 98.9 cm³/mol. The third kappa shape index (κ3) is 2.84. The number of aromatic hydroxyl groups is 1. The van der Waals surface area contributed by atoms with Gasteiger partial charge in [-0.05, 0) is 18.6 Å². The van der Waals surface area contributed by atoms with Crippen molar-refractivity contribution in [1.29, 1.82) is 0 Å². The van der Waals surface area contributed by atoms with Crippen LogP contribution >= 0.6 is 0 Å². The van der Waals surface area contributed by atoms with Gasteiger partial charge in [0.15, 0.2) is 23.4 Å². The normalized spacial score (nSPS) is 21.1. The van der Waals surface area contributed by atoms with Crippen LogP contribution in [0.3, 0.4) is 0 Å². The van der Waals surface area contributed by atoms with E-state index < -0.39 is 5.63 Å². The molecule has 1 amide bonds. The number of likely N-dealkylation sites (tertiary alicyclic amines) is 1. The standard InChI is InChI=1S/C20H21NO7/c1-10-13-3-16(26-2)18(24)15(7-22)19(13)28-20(25)14(10)4-17(23)21-5-11-8-27-9-12(11)6-21/h3,7,11-12,24H,4-6,8-9H2,1-2H3/t11-,12+. The summed E-state index contributed by atoms with van der Waals surface area (Å²) in [6, 6.07) is 1.50. The minimum atomic E-state index is -0.686. The second-order valence-corrected chi connectivity index (χ2v) is 7.36. The van der Waals surface area contributed by atoms with Gasteiger partial charge < -0.3 is 23.9 Å². The van der Waals surface area contributed by atoms with Crippen molar-refractivity contribution in [3.8, 4) is 11.5 Å². The van der Waals surface area contributed by atoms with Crippen molar-refractivity contribution in [1.82, 2.24) is 4.90 Å². The lowest BCUT2D eigenvalue weighted by Gasteiger charge is -2.18. The molecule has 3 heterocycles. The van der Waals surface area contributed by atoms with E-state index in [4.69, 9.17) is 13.9 Å². The van der Waals surface area contributed by atoms with Crippen molar-refractivity contribution in [3.63, 3.8) is 0 Å². The fourth-order valence-corrected chi connectivity index (χ4v) is 4.13. The molecule has 8 heteroatoms. The van der Waals surface area contributed by atoms with Gasteiger partial charge in [0.25, 0.3) is 0 Å². The molecule has 1 aromatic carbocycles. The fourth-order valence-electron chi connectivity index (χ4n) is 4.13. The quantitative estimate of drug-likeness (QED) is 0.622. The summed E-state index contributed by atoms with van der Waals surface area (Å²) in [6.07, 6.45) is 0.336. The maximum Gasteiger partial charge on any atom is 0.340 e. The van der Waals surface area contributed by atoms with E-state index in [-0.39, 0.29) is 40.5 Å². The first-order chi connectivity index (χ1) is 13.4. The molecule has 0 saturated carbocycles. The van der Waals surface area contributed by atoms with Crippen molar-refractivity contribution >= 4 is 23.2 Å². The van der Waals surface area contributed by atoms with Gasteiger partial charge >= 0.3 is 5.63 Å². The van der Waals surface area contributed by atoms with Crippen molar-refractivity contribution in [2.75, 3.05) is 33.4 Å². The third-order valence-corrected chi connectivity index (χ3v) is 5.81. The minimum Gasteiger partial charge on any atom is -0.504 e. The lowest BCUT2D eigenvalue weighted by Crippen LogP contribution is -2.33. The number of methoxy groups -OCH3 is 1. The molecule has 8 nitrogen and oxygen atoms in total. The molecule has 2 fully saturated rings. The first-order valence-corrected chi connectivity index (χ1v) is 9.11. The number of ether oxygens (including phenoxy) is 2. The number of phenols is 1. The predicted octanol–water partition coefficient (Wildman–Crippen LogP) is 1.28. The van der Waals surface area contributed by atoms with E-state index in [0.717, 1.165) is 0 Å². The van der Waals surface area contributed by atoms with Gasteiger partial charge in [-0.3, -0.25) is 9.59 Å². The number of rotatable bonds is 4. The summed E-state index contributed by atoms with van der Waals surface area (Å²) < 4.78 is 15.9. The van der Waals surface area contributed by atoms with Crippen molar-refractivity contribution in [3.05, 3.63) is 33.2 Å². The molecule has 0 aliphatic carbocycles. The summed E-state index contributed by atoms with van der Waals surface area (Å²) in [5.41, 5.74) is -0.0764. The summed E-state index contributed by atoms with van der Waals surface area (Å²) in [5, 5.41) is 10.6. The Labute approximate surface area is 160 Å². The molecule has 0 bridgehead atoms. The molecule has 28 heavy (non-hydrogen) atoms. The smallest absolute Gasteiger partial charge is 0.340 e. The molecule has 2 atom stereocenters. The number of carbonyl (C=O) groups is 2. The maximum absolute atomic E-state index is 12.8. The van der Waals surface area contributed by atoms with Crippen molar-refractivity contribution < 1.29 is 28.6 Å². The zero-order valence-corrected chi connectivity index (χ0v) is 15.7. The summed E-state index contributed by atoms with van der Waals surface area (Å²) in [5.74, 6) is 0.296. The molecular formula is C20H21NO7. The van der Waals surface area contributed by atoms with E-state index in [1.165, 1.54) is 13.2 Å². The van der Waals surface area contributed by atoms with Crippen LogP contribution < -0.4 is 10.4 Å². The molecule has 0 radical (unpaired) electrons. The molecule has 2 aliphatic heterocycles. The Morgan fingerprint density at radius 3 is 2.64 bits per heavy atom. The molecule has 4 rings (SSSR count). The molecule has 1 N–H and O–H groups in total. The largest absolute Gasteiger partial charge is 0.504 e. The number of hydrogen-bond acceptors (Lipinski definition) is 7. The van der Waals surface area contributed by atoms with Crippen LogP contribution in [0.25, 0.3) is 11.0 Å². The maximum atomic E-state index is 12.8. The summed E-state index contributed by atoms with van der Waals surface area (Å²) >= 11 is 0. The van der Waals surface area contributed by atoms with Crippen LogP contribution in [-0.4, -0.2) is 55.6 Å². The van der Waals surface area contributed by atoms with Crippen LogP contribution in [0.5, 0.6) is 11.5 Å². The molecule has 0 spiro atoms. The lowest BCUT2D eigenvalue weighted by atomic mass is 10.0. The number of nitrogens with zero attached hydrogens (tertiary/aromatic N) is 1. The first kappa shape index (κ1) is 18.5. The molecule has 2 aromatic rings. The molecular weight excluding hydrogens is 366 g/mol. The number of aldehydes is 1. The average molecular weight is 387 g/mol. The summed E-state index contributed by atoms with van der Waals surface area (Å²) in [7, 11) is 1.36. The average Bonchev–Trinajstić information content (AvgIpc) is 3.27. The van der Waals surface area contributed by atoms with Crippen molar-refractivity contribution in [2.24, 2.45) is 11.8 Å². The van der Waals surface area contributed by atoms with E-state index in [2.05, 4.69) is 0 Å². The number of carbonyl (C=O) groups excluding carboxylic acids is 2. The highest BCUT2D eigenvalue weighted by atomic mass is 16.5. The van der Waals surface area contributed by atoms with Gasteiger partial charge in [0.1, 0.15) is 5.56 Å². The number of phenolic OH excluding ortho intramolecular Hbond substituents is 1. The molecule has 1 aromatic heterocycles. The summed E-state index contributed by atoms with van der Waals surface area (Å²) in [4.78, 5) is 38.5. The van der Waals surface area contributed by atoms with Gasteiger partial charge in [0.05, 0.1) is 32.3 Å². The van der Waals surface area contributed by atoms with Gasteiger partial charge in [-0.25, -0.2) is 4.79 Å². The van der Waals surface area contributed by atoms with E-state index in [9.17, 15) is 19.5 Å². The zero-order valence-electron chi connectivity index (χ0n) is 15.7. The van der Waals surface area contributed by atoms with Crippen LogP contribution in [-0.2, 0) is 16.0 Å². The second-order valence-electron chi connectivity index (χ2n) is 7.36. The Bertz CT molecular complexity index is 1010. The van der Waals surface area contributed by atoms with Gasteiger partial charge in [-0.1, -0.05) is 0 Å². The SMILES string of the molecule is COc1cc2c(C)c(CC(=O)N3C[C@H]4COC[C@H]4C3)c(=O)oc2c(C=O)c1O. The van der Waals surface area contributed by atoms with Crippen LogP contribution in [0, 0.1) is 18.8 Å². The van der Waals surface area contributed by atoms with Gasteiger partial charge in [-0.2, -0.15) is 0 Å². The van der Waals surface area contributed by atoms with Crippen molar-refractivity contribution in [2.45, 2.75) is 13.3 Å². The number of aryl methyl sites for hydroxylation is 1. The van der Waals surface area contributed by atoms with E-state index in [0.29, 0.717) is 55.4 Å². The number of fused-ring (bicyclic) bond motifs is 2. The number of hydrogen-bond donors (Lipinski definition) is 1. The molecule has 148 valence electrons.